The largest absolute Gasteiger partial charge is 0.497 e. The van der Waals surface area contributed by atoms with Gasteiger partial charge >= 0.3 is 0 Å². The van der Waals surface area contributed by atoms with Crippen molar-refractivity contribution in [3.63, 3.8) is 0 Å². The van der Waals surface area contributed by atoms with E-state index in [2.05, 4.69) is 25.7 Å². The summed E-state index contributed by atoms with van der Waals surface area (Å²) in [5, 5.41) is 21.1. The van der Waals surface area contributed by atoms with Crippen LogP contribution in [0.1, 0.15) is 11.9 Å². The maximum Gasteiger partial charge on any atom is 0.236 e. The van der Waals surface area contributed by atoms with Crippen molar-refractivity contribution in [2.24, 2.45) is 0 Å². The van der Waals surface area contributed by atoms with E-state index in [0.717, 1.165) is 28.4 Å². The Morgan fingerprint density at radius 1 is 1.19 bits per heavy atom. The molecule has 2 aromatic heterocycles. The number of carbonyl (C=O) groups excluding carboxylic acids is 1. The number of rotatable bonds is 7. The number of methoxy groups -OCH3 is 1. The van der Waals surface area contributed by atoms with Crippen LogP contribution in [0.15, 0.2) is 41.4 Å². The predicted octanol–water partition coefficient (Wildman–Crippen LogP) is 3.30. The first-order valence-corrected chi connectivity index (χ1v) is 9.71. The van der Waals surface area contributed by atoms with Gasteiger partial charge in [-0.3, -0.25) is 10.1 Å². The molecule has 3 rings (SSSR count). The van der Waals surface area contributed by atoms with Gasteiger partial charge in [-0.1, -0.05) is 42.2 Å². The zero-order valence-corrected chi connectivity index (χ0v) is 15.9. The third-order valence-electron chi connectivity index (χ3n) is 3.37. The third kappa shape index (κ3) is 4.77. The molecule has 0 saturated carbocycles. The minimum atomic E-state index is -0.146. The van der Waals surface area contributed by atoms with Gasteiger partial charge in [0.2, 0.25) is 11.0 Å². The number of hydrogen-bond donors (Lipinski definition) is 1. The summed E-state index contributed by atoms with van der Waals surface area (Å²) in [4.78, 5) is 12.0. The van der Waals surface area contributed by atoms with Crippen molar-refractivity contribution in [1.29, 1.82) is 0 Å². The summed E-state index contributed by atoms with van der Waals surface area (Å²) in [6, 6.07) is 11.3. The maximum absolute atomic E-state index is 12.0. The molecule has 1 N–H and O–H groups in total. The van der Waals surface area contributed by atoms with Gasteiger partial charge in [-0.05, 0) is 30.7 Å². The Bertz CT molecular complexity index is 883. The molecule has 0 unspecified atom stereocenters. The lowest BCUT2D eigenvalue weighted by atomic mass is 10.1. The second-order valence-corrected chi connectivity index (χ2v) is 7.24. The highest BCUT2D eigenvalue weighted by atomic mass is 32.2. The number of anilines is 1. The van der Waals surface area contributed by atoms with E-state index in [-0.39, 0.29) is 11.7 Å². The lowest BCUT2D eigenvalue weighted by Gasteiger charge is -2.04. The molecule has 0 saturated heterocycles. The number of thioether (sulfide) groups is 1. The molecule has 0 aliphatic rings. The van der Waals surface area contributed by atoms with Crippen molar-refractivity contribution < 1.29 is 9.53 Å². The van der Waals surface area contributed by atoms with Gasteiger partial charge in [-0.15, -0.1) is 20.4 Å². The Morgan fingerprint density at radius 2 is 2.08 bits per heavy atom. The predicted molar refractivity (Wildman–Crippen MR) is 103 cm³/mol. The van der Waals surface area contributed by atoms with Gasteiger partial charge in [0.15, 0.2) is 0 Å². The Labute approximate surface area is 159 Å². The monoisotopic (exact) mass is 387 g/mol. The van der Waals surface area contributed by atoms with Gasteiger partial charge in [0.1, 0.15) is 15.8 Å². The second-order valence-electron chi connectivity index (χ2n) is 5.18. The topological polar surface area (TPSA) is 89.9 Å². The summed E-state index contributed by atoms with van der Waals surface area (Å²) in [6.07, 6.45) is 0.803. The molecule has 0 fully saturated rings. The molecule has 2 heterocycles. The smallest absolute Gasteiger partial charge is 0.236 e. The number of hydrogen-bond acceptors (Lipinski definition) is 8. The summed E-state index contributed by atoms with van der Waals surface area (Å²) >= 11 is 2.70. The first kappa shape index (κ1) is 18.3. The normalized spacial score (nSPS) is 10.5. The van der Waals surface area contributed by atoms with Gasteiger partial charge < -0.3 is 4.74 Å². The van der Waals surface area contributed by atoms with Crippen molar-refractivity contribution in [3.8, 4) is 17.0 Å². The van der Waals surface area contributed by atoms with Crippen molar-refractivity contribution in [2.45, 2.75) is 18.4 Å². The number of benzene rings is 1. The van der Waals surface area contributed by atoms with Gasteiger partial charge in [-0.2, -0.15) is 0 Å². The highest BCUT2D eigenvalue weighted by Crippen LogP contribution is 2.23. The number of ether oxygens (including phenoxy) is 1. The van der Waals surface area contributed by atoms with Crippen LogP contribution in [-0.2, 0) is 11.2 Å². The number of aromatic nitrogens is 4. The van der Waals surface area contributed by atoms with Crippen LogP contribution < -0.4 is 10.1 Å². The minimum Gasteiger partial charge on any atom is -0.497 e. The van der Waals surface area contributed by atoms with Gasteiger partial charge in [-0.25, -0.2) is 0 Å². The summed E-state index contributed by atoms with van der Waals surface area (Å²) in [6.45, 7) is 2.00. The molecule has 0 aliphatic carbocycles. The van der Waals surface area contributed by atoms with Crippen LogP contribution in [0.3, 0.4) is 0 Å². The molecule has 3 aromatic rings. The Morgan fingerprint density at radius 3 is 2.77 bits per heavy atom. The first-order valence-electron chi connectivity index (χ1n) is 7.91. The van der Waals surface area contributed by atoms with Crippen LogP contribution in [0.5, 0.6) is 5.75 Å². The van der Waals surface area contributed by atoms with Crippen molar-refractivity contribution in [1.82, 2.24) is 20.4 Å². The fourth-order valence-electron chi connectivity index (χ4n) is 2.08. The zero-order chi connectivity index (χ0) is 18.4. The van der Waals surface area contributed by atoms with Crippen LogP contribution in [0.25, 0.3) is 11.3 Å². The van der Waals surface area contributed by atoms with E-state index in [1.165, 1.54) is 23.1 Å². The lowest BCUT2D eigenvalue weighted by molar-refractivity contribution is -0.113. The van der Waals surface area contributed by atoms with Gasteiger partial charge in [0.05, 0.1) is 18.6 Å². The molecule has 134 valence electrons. The lowest BCUT2D eigenvalue weighted by Crippen LogP contribution is -2.14. The number of nitrogens with one attached hydrogen (secondary N) is 1. The molecule has 9 heteroatoms. The molecular weight excluding hydrogens is 370 g/mol. The van der Waals surface area contributed by atoms with E-state index in [1.54, 1.807) is 7.11 Å². The first-order chi connectivity index (χ1) is 12.7. The number of carbonyl (C=O) groups is 1. The second kappa shape index (κ2) is 8.72. The number of amides is 1. The Kier molecular flexibility index (Phi) is 6.13. The molecule has 0 bridgehead atoms. The van der Waals surface area contributed by atoms with Gasteiger partial charge in [0.25, 0.3) is 0 Å². The molecule has 0 radical (unpaired) electrons. The molecule has 1 amide bonds. The minimum absolute atomic E-state index is 0.146. The number of aryl methyl sites for hydroxylation is 1. The van der Waals surface area contributed by atoms with Crippen molar-refractivity contribution in [2.75, 3.05) is 18.2 Å². The molecular formula is C17H17N5O2S2. The molecule has 26 heavy (non-hydrogen) atoms. The van der Waals surface area contributed by atoms with Crippen LogP contribution in [0.2, 0.25) is 0 Å². The van der Waals surface area contributed by atoms with Crippen molar-refractivity contribution >= 4 is 34.1 Å². The van der Waals surface area contributed by atoms with Crippen LogP contribution in [-0.4, -0.2) is 39.2 Å². The van der Waals surface area contributed by atoms with E-state index < -0.39 is 0 Å². The average Bonchev–Trinajstić information content (AvgIpc) is 3.14. The Hall–Kier alpha value is -2.52. The molecule has 0 atom stereocenters. The van der Waals surface area contributed by atoms with Gasteiger partial charge in [0, 0.05) is 5.56 Å². The summed E-state index contributed by atoms with van der Waals surface area (Å²) in [7, 11) is 1.63. The standard InChI is InChI=1S/C17H17N5O2S2/c1-3-15-20-22-17(26-15)18-14(23)10-25-16-8-7-13(19-21-16)11-5-4-6-12(9-11)24-2/h4-9H,3,10H2,1-2H3,(H,18,22,23). The quantitative estimate of drug-likeness (QED) is 0.622. The molecule has 1 aromatic carbocycles. The van der Waals surface area contributed by atoms with E-state index in [0.29, 0.717) is 10.2 Å². The fourth-order valence-corrected chi connectivity index (χ4v) is 3.38. The molecule has 0 aliphatic heterocycles. The third-order valence-corrected chi connectivity index (χ3v) is 5.28. The van der Waals surface area contributed by atoms with E-state index in [4.69, 9.17) is 4.74 Å². The zero-order valence-electron chi connectivity index (χ0n) is 14.3. The van der Waals surface area contributed by atoms with E-state index >= 15 is 0 Å². The van der Waals surface area contributed by atoms with E-state index in [9.17, 15) is 4.79 Å². The summed E-state index contributed by atoms with van der Waals surface area (Å²) in [5.74, 6) is 0.851. The highest BCUT2D eigenvalue weighted by Gasteiger charge is 2.09. The average molecular weight is 387 g/mol. The number of nitrogens with zero attached hydrogens (tertiary/aromatic N) is 4. The summed E-state index contributed by atoms with van der Waals surface area (Å²) in [5.41, 5.74) is 1.67. The summed E-state index contributed by atoms with van der Waals surface area (Å²) < 4.78 is 5.22. The molecule has 0 spiro atoms. The fraction of sp³-hybridized carbons (Fsp3) is 0.235. The highest BCUT2D eigenvalue weighted by molar-refractivity contribution is 7.99. The van der Waals surface area contributed by atoms with E-state index in [1.807, 2.05) is 43.3 Å². The SMILES string of the molecule is CCc1nnc(NC(=O)CSc2ccc(-c3cccc(OC)c3)nn2)s1. The molecule has 7 nitrogen and oxygen atoms in total. The van der Waals surface area contributed by atoms with Crippen LogP contribution >= 0.6 is 23.1 Å². The Balaban J connectivity index is 1.56. The maximum atomic E-state index is 12.0. The van der Waals surface area contributed by atoms with Crippen molar-refractivity contribution in [3.05, 3.63) is 41.4 Å². The van der Waals surface area contributed by atoms with Crippen LogP contribution in [0.4, 0.5) is 5.13 Å². The van der Waals surface area contributed by atoms with Crippen LogP contribution in [0, 0.1) is 0 Å².